The number of carbonyl (C=O) groups excluding carboxylic acids is 1. The molecule has 1 amide bonds. The van der Waals surface area contributed by atoms with Gasteiger partial charge in [0.15, 0.2) is 5.60 Å². The molecule has 0 bridgehead atoms. The lowest BCUT2D eigenvalue weighted by Crippen LogP contribution is -2.48. The van der Waals surface area contributed by atoms with Crippen molar-refractivity contribution in [2.75, 3.05) is 13.2 Å². The maximum absolute atomic E-state index is 12.7. The van der Waals surface area contributed by atoms with Crippen LogP contribution in [0.25, 0.3) is 0 Å². The van der Waals surface area contributed by atoms with Crippen LogP contribution in [0.3, 0.4) is 0 Å². The van der Waals surface area contributed by atoms with Crippen molar-refractivity contribution in [3.63, 3.8) is 0 Å². The van der Waals surface area contributed by atoms with E-state index in [0.29, 0.717) is 13.2 Å². The second kappa shape index (κ2) is 8.46. The molecule has 0 radical (unpaired) electrons. The Bertz CT molecular complexity index is 943. The zero-order valence-electron chi connectivity index (χ0n) is 16.1. The average Bonchev–Trinajstić information content (AvgIpc) is 3.22. The number of aromatic nitrogens is 5. The summed E-state index contributed by atoms with van der Waals surface area (Å²) in [5.41, 5.74) is 3.50. The highest BCUT2D eigenvalue weighted by Gasteiger charge is 2.47. The monoisotopic (exact) mass is 394 g/mol. The lowest BCUT2D eigenvalue weighted by atomic mass is 9.75. The van der Waals surface area contributed by atoms with E-state index in [4.69, 9.17) is 9.57 Å². The summed E-state index contributed by atoms with van der Waals surface area (Å²) in [7, 11) is 1.91. The van der Waals surface area contributed by atoms with Gasteiger partial charge in [-0.3, -0.25) is 14.6 Å². The minimum absolute atomic E-state index is 0.0431. The van der Waals surface area contributed by atoms with Crippen molar-refractivity contribution < 1.29 is 14.4 Å². The van der Waals surface area contributed by atoms with E-state index in [2.05, 4.69) is 25.4 Å². The van der Waals surface area contributed by atoms with Crippen LogP contribution in [0.1, 0.15) is 34.6 Å². The van der Waals surface area contributed by atoms with E-state index in [1.807, 2.05) is 23.7 Å². The van der Waals surface area contributed by atoms with E-state index in [1.54, 1.807) is 24.9 Å². The zero-order chi connectivity index (χ0) is 20.1. The Morgan fingerprint density at radius 1 is 1.21 bits per heavy atom. The number of carbonyl (C=O) groups is 1. The molecule has 3 aromatic heterocycles. The van der Waals surface area contributed by atoms with Gasteiger partial charge in [-0.1, -0.05) is 6.07 Å². The van der Waals surface area contributed by atoms with Crippen LogP contribution in [0.5, 0.6) is 0 Å². The molecule has 9 heteroatoms. The minimum Gasteiger partial charge on any atom is -0.381 e. The number of imidazole rings is 1. The van der Waals surface area contributed by atoms with Crippen LogP contribution < -0.4 is 5.48 Å². The molecule has 0 aromatic carbocycles. The van der Waals surface area contributed by atoms with Crippen molar-refractivity contribution in [2.45, 2.75) is 18.4 Å². The van der Waals surface area contributed by atoms with Crippen LogP contribution in [-0.4, -0.2) is 43.6 Å². The molecular weight excluding hydrogens is 372 g/mol. The van der Waals surface area contributed by atoms with Crippen molar-refractivity contribution >= 4 is 5.91 Å². The number of ether oxygens (including phenoxy) is 1. The molecule has 1 aliphatic rings. The summed E-state index contributed by atoms with van der Waals surface area (Å²) in [5.74, 6) is -0.406. The molecule has 1 atom stereocenters. The lowest BCUT2D eigenvalue weighted by Gasteiger charge is -2.41. The van der Waals surface area contributed by atoms with Crippen molar-refractivity contribution in [3.8, 4) is 0 Å². The second-order valence-electron chi connectivity index (χ2n) is 6.88. The molecule has 9 nitrogen and oxygen atoms in total. The van der Waals surface area contributed by atoms with E-state index in [0.717, 1.165) is 24.1 Å². The number of rotatable bonds is 6. The SMILES string of the molecule is Cn1cncc1C(ONC(=O)c1ccncn1)(c1cccnc1)C1CCOCC1. The molecule has 150 valence electrons. The molecule has 1 saturated heterocycles. The van der Waals surface area contributed by atoms with Crippen LogP contribution in [0.15, 0.2) is 55.6 Å². The van der Waals surface area contributed by atoms with Crippen LogP contribution >= 0.6 is 0 Å². The molecule has 1 N–H and O–H groups in total. The molecule has 1 aliphatic heterocycles. The van der Waals surface area contributed by atoms with Crippen molar-refractivity contribution in [1.82, 2.24) is 30.0 Å². The summed E-state index contributed by atoms with van der Waals surface area (Å²) in [6.07, 6.45) is 11.3. The van der Waals surface area contributed by atoms with Gasteiger partial charge in [0.1, 0.15) is 12.0 Å². The average molecular weight is 394 g/mol. The lowest BCUT2D eigenvalue weighted by molar-refractivity contribution is -0.130. The first-order chi connectivity index (χ1) is 14.2. The highest BCUT2D eigenvalue weighted by atomic mass is 16.7. The molecule has 4 heterocycles. The van der Waals surface area contributed by atoms with Gasteiger partial charge in [0.05, 0.1) is 18.2 Å². The van der Waals surface area contributed by atoms with E-state index >= 15 is 0 Å². The Hall–Kier alpha value is -3.17. The topological polar surface area (TPSA) is 104 Å². The molecule has 29 heavy (non-hydrogen) atoms. The smallest absolute Gasteiger partial charge is 0.293 e. The number of nitrogens with zero attached hydrogens (tertiary/aromatic N) is 5. The first-order valence-electron chi connectivity index (χ1n) is 9.41. The molecule has 0 aliphatic carbocycles. The Balaban J connectivity index is 1.76. The van der Waals surface area contributed by atoms with Gasteiger partial charge in [0.25, 0.3) is 5.91 Å². The first kappa shape index (κ1) is 19.2. The van der Waals surface area contributed by atoms with Crippen LogP contribution in [-0.2, 0) is 22.2 Å². The van der Waals surface area contributed by atoms with Gasteiger partial charge >= 0.3 is 0 Å². The summed E-state index contributed by atoms with van der Waals surface area (Å²) in [5, 5.41) is 0. The van der Waals surface area contributed by atoms with Gasteiger partial charge in [-0.05, 0) is 25.0 Å². The van der Waals surface area contributed by atoms with Gasteiger partial charge in [-0.2, -0.15) is 0 Å². The van der Waals surface area contributed by atoms with Gasteiger partial charge in [0.2, 0.25) is 0 Å². The number of hydroxylamine groups is 1. The predicted octanol–water partition coefficient (Wildman–Crippen LogP) is 1.64. The molecular formula is C20H22N6O3. The molecule has 4 rings (SSSR count). The number of amides is 1. The van der Waals surface area contributed by atoms with Crippen LogP contribution in [0, 0.1) is 5.92 Å². The number of aryl methyl sites for hydroxylation is 1. The maximum Gasteiger partial charge on any atom is 0.293 e. The van der Waals surface area contributed by atoms with Gasteiger partial charge in [0, 0.05) is 50.3 Å². The van der Waals surface area contributed by atoms with Crippen molar-refractivity contribution in [2.24, 2.45) is 13.0 Å². The summed E-state index contributed by atoms with van der Waals surface area (Å²) in [6.45, 7) is 1.24. The van der Waals surface area contributed by atoms with E-state index in [9.17, 15) is 4.79 Å². The third-order valence-electron chi connectivity index (χ3n) is 5.20. The number of hydrogen-bond acceptors (Lipinski definition) is 7. The Kier molecular flexibility index (Phi) is 5.59. The van der Waals surface area contributed by atoms with Gasteiger partial charge in [-0.25, -0.2) is 20.4 Å². The zero-order valence-corrected chi connectivity index (χ0v) is 16.1. The number of pyridine rings is 1. The largest absolute Gasteiger partial charge is 0.381 e. The van der Waals surface area contributed by atoms with Gasteiger partial charge < -0.3 is 9.30 Å². The fourth-order valence-corrected chi connectivity index (χ4v) is 3.79. The fourth-order valence-electron chi connectivity index (χ4n) is 3.79. The second-order valence-corrected chi connectivity index (χ2v) is 6.88. The fraction of sp³-hybridized carbons (Fsp3) is 0.350. The normalized spacial score (nSPS) is 16.9. The summed E-state index contributed by atoms with van der Waals surface area (Å²) < 4.78 is 7.48. The standard InChI is InChI=1S/C20H22N6O3/c1-26-14-23-12-18(26)20(15-5-9-28-10-6-15,16-3-2-7-21-11-16)29-25-19(27)17-4-8-22-13-24-17/h2-4,7-8,11-15H,5-6,9-10H2,1H3,(H,25,27). The molecule has 3 aromatic rings. The van der Waals surface area contributed by atoms with Crippen LogP contribution in [0.4, 0.5) is 0 Å². The van der Waals surface area contributed by atoms with Crippen LogP contribution in [0.2, 0.25) is 0 Å². The Labute approximate surface area is 168 Å². The quantitative estimate of drug-likeness (QED) is 0.634. The minimum atomic E-state index is -0.980. The summed E-state index contributed by atoms with van der Waals surface area (Å²) >= 11 is 0. The highest BCUT2D eigenvalue weighted by Crippen LogP contribution is 2.44. The molecule has 1 unspecified atom stereocenters. The maximum atomic E-state index is 12.7. The van der Waals surface area contributed by atoms with Gasteiger partial charge in [-0.15, -0.1) is 0 Å². The highest BCUT2D eigenvalue weighted by molar-refractivity contribution is 5.91. The third kappa shape index (κ3) is 3.74. The van der Waals surface area contributed by atoms with Crippen molar-refractivity contribution in [1.29, 1.82) is 0 Å². The number of hydrogen-bond donors (Lipinski definition) is 1. The molecule has 0 spiro atoms. The summed E-state index contributed by atoms with van der Waals surface area (Å²) in [6, 6.07) is 5.34. The number of nitrogens with one attached hydrogen (secondary N) is 1. The molecule has 0 saturated carbocycles. The predicted molar refractivity (Wildman–Crippen MR) is 102 cm³/mol. The van der Waals surface area contributed by atoms with E-state index in [-0.39, 0.29) is 11.6 Å². The molecule has 1 fully saturated rings. The Morgan fingerprint density at radius 2 is 2.07 bits per heavy atom. The summed E-state index contributed by atoms with van der Waals surface area (Å²) in [4.78, 5) is 35.4. The van der Waals surface area contributed by atoms with Crippen molar-refractivity contribution in [3.05, 3.63) is 72.6 Å². The van der Waals surface area contributed by atoms with E-state index in [1.165, 1.54) is 18.6 Å². The van der Waals surface area contributed by atoms with E-state index < -0.39 is 11.5 Å². The third-order valence-corrected chi connectivity index (χ3v) is 5.20. The first-order valence-corrected chi connectivity index (χ1v) is 9.41. The Morgan fingerprint density at radius 3 is 2.72 bits per heavy atom.